The van der Waals surface area contributed by atoms with Gasteiger partial charge in [0.1, 0.15) is 5.75 Å². The molecule has 0 unspecified atom stereocenters. The lowest BCUT2D eigenvalue weighted by atomic mass is 10.0. The molecule has 7 heteroatoms. The van der Waals surface area contributed by atoms with Crippen LogP contribution in [-0.4, -0.2) is 22.2 Å². The van der Waals surface area contributed by atoms with Crippen LogP contribution in [-0.2, 0) is 11.2 Å². The number of hydrogen-bond donors (Lipinski definition) is 1. The summed E-state index contributed by atoms with van der Waals surface area (Å²) in [6.07, 6.45) is 1.67. The first kappa shape index (κ1) is 19.6. The molecule has 0 spiro atoms. The molecule has 0 saturated heterocycles. The Bertz CT molecular complexity index is 1140. The minimum absolute atomic E-state index is 0.0125. The van der Waals surface area contributed by atoms with E-state index in [0.717, 1.165) is 29.5 Å². The molecule has 3 aromatic rings. The fourth-order valence-corrected chi connectivity index (χ4v) is 3.80. The average molecular weight is 402 g/mol. The highest BCUT2D eigenvalue weighted by atomic mass is 16.5. The van der Waals surface area contributed by atoms with Gasteiger partial charge in [-0.1, -0.05) is 23.4 Å². The molecular formula is C23H22N4O3. The molecule has 7 nitrogen and oxygen atoms in total. The lowest BCUT2D eigenvalue weighted by Gasteiger charge is -2.12. The Morgan fingerprint density at radius 3 is 2.90 bits per heavy atom. The summed E-state index contributed by atoms with van der Waals surface area (Å²) in [6, 6.07) is 11.2. The van der Waals surface area contributed by atoms with E-state index < -0.39 is 0 Å². The van der Waals surface area contributed by atoms with Gasteiger partial charge in [-0.25, -0.2) is 4.85 Å². The molecule has 1 N–H and O–H groups in total. The molecule has 2 aromatic carbocycles. The van der Waals surface area contributed by atoms with E-state index in [-0.39, 0.29) is 18.1 Å². The smallest absolute Gasteiger partial charge is 0.256 e. The van der Waals surface area contributed by atoms with Gasteiger partial charge in [0.25, 0.3) is 5.89 Å². The summed E-state index contributed by atoms with van der Waals surface area (Å²) in [6.45, 7) is 12.8. The maximum atomic E-state index is 11.5. The van der Waals surface area contributed by atoms with Crippen LogP contribution < -0.4 is 10.1 Å². The first-order chi connectivity index (χ1) is 14.5. The van der Waals surface area contributed by atoms with Crippen LogP contribution in [0.25, 0.3) is 27.7 Å². The Kier molecular flexibility index (Phi) is 5.23. The second-order valence-corrected chi connectivity index (χ2v) is 7.55. The second kappa shape index (κ2) is 7.99. The first-order valence-electron chi connectivity index (χ1n) is 9.87. The monoisotopic (exact) mass is 402 g/mol. The van der Waals surface area contributed by atoms with Crippen molar-refractivity contribution >= 4 is 11.6 Å². The SMILES string of the molecule is [C-]#[N+]c1cc(-c2nc(-c3cccc4c3CC[C@@H]4NC(C)=O)no2)ccc1OC(C)C. The van der Waals surface area contributed by atoms with Gasteiger partial charge in [-0.15, -0.1) is 0 Å². The highest BCUT2D eigenvalue weighted by Gasteiger charge is 2.27. The predicted octanol–water partition coefficient (Wildman–Crippen LogP) is 4.86. The van der Waals surface area contributed by atoms with Crippen molar-refractivity contribution in [1.29, 1.82) is 0 Å². The number of hydrogen-bond acceptors (Lipinski definition) is 5. The molecule has 0 aliphatic heterocycles. The molecule has 0 radical (unpaired) electrons. The number of rotatable bonds is 5. The number of carbonyl (C=O) groups is 1. The van der Waals surface area contributed by atoms with Crippen molar-refractivity contribution in [3.05, 3.63) is 58.9 Å². The van der Waals surface area contributed by atoms with Gasteiger partial charge in [-0.05, 0) is 56.0 Å². The number of benzene rings is 2. The minimum atomic E-state index is -0.0411. The van der Waals surface area contributed by atoms with E-state index in [4.69, 9.17) is 15.8 Å². The molecule has 4 rings (SSSR count). The van der Waals surface area contributed by atoms with Crippen LogP contribution in [0.2, 0.25) is 0 Å². The quantitative estimate of drug-likeness (QED) is 0.616. The zero-order valence-electron chi connectivity index (χ0n) is 17.1. The molecule has 0 fully saturated rings. The number of nitrogens with zero attached hydrogens (tertiary/aromatic N) is 3. The van der Waals surface area contributed by atoms with Gasteiger partial charge in [0.2, 0.25) is 17.4 Å². The molecule has 1 amide bonds. The van der Waals surface area contributed by atoms with Gasteiger partial charge < -0.3 is 14.6 Å². The zero-order valence-corrected chi connectivity index (χ0v) is 17.1. The second-order valence-electron chi connectivity index (χ2n) is 7.55. The Morgan fingerprint density at radius 1 is 1.33 bits per heavy atom. The van der Waals surface area contributed by atoms with Crippen molar-refractivity contribution in [1.82, 2.24) is 15.5 Å². The van der Waals surface area contributed by atoms with Crippen LogP contribution >= 0.6 is 0 Å². The van der Waals surface area contributed by atoms with Crippen molar-refractivity contribution in [2.24, 2.45) is 0 Å². The van der Waals surface area contributed by atoms with E-state index in [1.807, 2.05) is 38.1 Å². The molecule has 0 saturated carbocycles. The predicted molar refractivity (Wildman–Crippen MR) is 112 cm³/mol. The van der Waals surface area contributed by atoms with Crippen LogP contribution in [0.5, 0.6) is 5.75 Å². The molecule has 0 bridgehead atoms. The summed E-state index contributed by atoms with van der Waals surface area (Å²) in [7, 11) is 0. The summed E-state index contributed by atoms with van der Waals surface area (Å²) in [5, 5.41) is 7.17. The first-order valence-corrected chi connectivity index (χ1v) is 9.87. The summed E-state index contributed by atoms with van der Waals surface area (Å²) in [5.74, 6) is 1.34. The Balaban J connectivity index is 1.66. The van der Waals surface area contributed by atoms with Gasteiger partial charge in [0.05, 0.1) is 18.7 Å². The van der Waals surface area contributed by atoms with Crippen molar-refractivity contribution in [2.45, 2.75) is 45.8 Å². The zero-order chi connectivity index (χ0) is 21.3. The maximum absolute atomic E-state index is 11.5. The molecular weight excluding hydrogens is 380 g/mol. The van der Waals surface area contributed by atoms with Gasteiger partial charge in [0, 0.05) is 18.1 Å². The van der Waals surface area contributed by atoms with Crippen LogP contribution in [0.3, 0.4) is 0 Å². The van der Waals surface area contributed by atoms with Crippen LogP contribution in [0.15, 0.2) is 40.9 Å². The van der Waals surface area contributed by atoms with Crippen LogP contribution in [0, 0.1) is 6.57 Å². The minimum Gasteiger partial charge on any atom is -0.502 e. The lowest BCUT2D eigenvalue weighted by Crippen LogP contribution is -2.24. The number of aromatic nitrogens is 2. The third-order valence-corrected chi connectivity index (χ3v) is 5.00. The normalized spacial score (nSPS) is 15.0. The molecule has 1 aromatic heterocycles. The summed E-state index contributed by atoms with van der Waals surface area (Å²) < 4.78 is 11.2. The van der Waals surface area contributed by atoms with E-state index in [1.54, 1.807) is 12.1 Å². The van der Waals surface area contributed by atoms with Crippen LogP contribution in [0.1, 0.15) is 44.4 Å². The summed E-state index contributed by atoms with van der Waals surface area (Å²) >= 11 is 0. The van der Waals surface area contributed by atoms with E-state index in [9.17, 15) is 4.79 Å². The molecule has 1 aliphatic carbocycles. The van der Waals surface area contributed by atoms with Gasteiger partial charge in [-0.2, -0.15) is 4.98 Å². The van der Waals surface area contributed by atoms with Crippen molar-refractivity contribution < 1.29 is 14.1 Å². The number of ether oxygens (including phenoxy) is 1. The van der Waals surface area contributed by atoms with Gasteiger partial charge in [-0.3, -0.25) is 4.79 Å². The Hall–Kier alpha value is -3.66. The van der Waals surface area contributed by atoms with Gasteiger partial charge >= 0.3 is 0 Å². The van der Waals surface area contributed by atoms with Crippen molar-refractivity contribution in [3.63, 3.8) is 0 Å². The number of carbonyl (C=O) groups excluding carboxylic acids is 1. The fraction of sp³-hybridized carbons (Fsp3) is 0.304. The fourth-order valence-electron chi connectivity index (χ4n) is 3.80. The third kappa shape index (κ3) is 3.77. The highest BCUT2D eigenvalue weighted by molar-refractivity contribution is 5.74. The number of nitrogens with one attached hydrogen (secondary N) is 1. The molecule has 1 aliphatic rings. The van der Waals surface area contributed by atoms with E-state index >= 15 is 0 Å². The highest BCUT2D eigenvalue weighted by Crippen LogP contribution is 2.38. The van der Waals surface area contributed by atoms with Crippen molar-refractivity contribution in [2.75, 3.05) is 0 Å². The topological polar surface area (TPSA) is 81.6 Å². The Morgan fingerprint density at radius 2 is 2.17 bits per heavy atom. The van der Waals surface area contributed by atoms with Gasteiger partial charge in [0.15, 0.2) is 0 Å². The molecule has 152 valence electrons. The largest absolute Gasteiger partial charge is 0.502 e. The molecule has 30 heavy (non-hydrogen) atoms. The van der Waals surface area contributed by atoms with Crippen LogP contribution in [0.4, 0.5) is 5.69 Å². The standard InChI is InChI=1S/C23H22N4O3/c1-13(2)29-21-11-8-15(12-20(21)24-4)23-26-22(27-30-23)18-7-5-6-17-16(18)9-10-19(17)25-14(3)28/h5-8,11-13,19H,9-10H2,1-3H3,(H,25,28)/t19-/m0/s1. The molecule has 1 atom stereocenters. The third-order valence-electron chi connectivity index (χ3n) is 5.00. The van der Waals surface area contributed by atoms with E-state index in [2.05, 4.69) is 20.3 Å². The molecule has 1 heterocycles. The lowest BCUT2D eigenvalue weighted by molar-refractivity contribution is -0.119. The van der Waals surface area contributed by atoms with Crippen molar-refractivity contribution in [3.8, 4) is 28.6 Å². The number of fused-ring (bicyclic) bond motifs is 1. The Labute approximate surface area is 174 Å². The average Bonchev–Trinajstić information content (AvgIpc) is 3.35. The summed E-state index contributed by atoms with van der Waals surface area (Å²) in [4.78, 5) is 19.6. The number of amides is 1. The summed E-state index contributed by atoms with van der Waals surface area (Å²) in [5.41, 5.74) is 4.20. The van der Waals surface area contributed by atoms with E-state index in [0.29, 0.717) is 28.7 Å². The maximum Gasteiger partial charge on any atom is 0.256 e. The van der Waals surface area contributed by atoms with E-state index in [1.165, 1.54) is 6.92 Å².